The maximum absolute atomic E-state index is 13.0. The zero-order valence-corrected chi connectivity index (χ0v) is 14.6. The third-order valence-electron chi connectivity index (χ3n) is 5.19. The molecule has 1 amide bonds. The number of fused-ring (bicyclic) bond motifs is 1. The highest BCUT2D eigenvalue weighted by Crippen LogP contribution is 2.29. The minimum atomic E-state index is -0.960. The van der Waals surface area contributed by atoms with Crippen LogP contribution in [0.3, 0.4) is 0 Å². The molecule has 2 saturated heterocycles. The van der Waals surface area contributed by atoms with Crippen molar-refractivity contribution in [1.29, 1.82) is 0 Å². The molecule has 5 heteroatoms. The first-order chi connectivity index (χ1) is 10.5. The molecule has 0 spiro atoms. The highest BCUT2D eigenvalue weighted by Gasteiger charge is 2.37. The minimum absolute atomic E-state index is 0.0442. The number of hydrogen-bond donors (Lipinski definition) is 2. The summed E-state index contributed by atoms with van der Waals surface area (Å²) in [5, 5.41) is 3.46. The Balaban J connectivity index is 1.73. The molecule has 3 atom stereocenters. The topological polar surface area (TPSA) is 58.4 Å². The van der Waals surface area contributed by atoms with E-state index in [2.05, 4.69) is 21.2 Å². The Kier molecular flexibility index (Phi) is 4.57. The van der Waals surface area contributed by atoms with Crippen LogP contribution < -0.4 is 11.1 Å². The molecule has 1 aromatic carbocycles. The van der Waals surface area contributed by atoms with Crippen LogP contribution in [0.15, 0.2) is 28.7 Å². The zero-order valence-electron chi connectivity index (χ0n) is 13.0. The van der Waals surface area contributed by atoms with E-state index in [-0.39, 0.29) is 5.91 Å². The number of likely N-dealkylation sites (tertiary alicyclic amines) is 1. The van der Waals surface area contributed by atoms with Crippen LogP contribution in [0.4, 0.5) is 0 Å². The molecule has 3 N–H and O–H groups in total. The van der Waals surface area contributed by atoms with Crippen LogP contribution in [0.5, 0.6) is 0 Å². The van der Waals surface area contributed by atoms with Gasteiger partial charge in [0.2, 0.25) is 5.91 Å². The number of halogens is 1. The average molecular weight is 366 g/mol. The Morgan fingerprint density at radius 1 is 1.23 bits per heavy atom. The fraction of sp³-hybridized carbons (Fsp3) is 0.588. The summed E-state index contributed by atoms with van der Waals surface area (Å²) in [6.07, 6.45) is 2.17. The largest absolute Gasteiger partial charge is 0.341 e. The number of nitrogens with one attached hydrogen (secondary N) is 1. The summed E-state index contributed by atoms with van der Waals surface area (Å²) in [6, 6.07) is 7.73. The molecule has 120 valence electrons. The zero-order chi connectivity index (χ0) is 15.7. The van der Waals surface area contributed by atoms with E-state index in [0.29, 0.717) is 0 Å². The number of rotatable bonds is 2. The van der Waals surface area contributed by atoms with Crippen molar-refractivity contribution in [3.8, 4) is 0 Å². The highest BCUT2D eigenvalue weighted by atomic mass is 79.9. The van der Waals surface area contributed by atoms with E-state index in [4.69, 9.17) is 5.73 Å². The Labute approximate surface area is 140 Å². The smallest absolute Gasteiger partial charge is 0.246 e. The van der Waals surface area contributed by atoms with E-state index < -0.39 is 5.54 Å². The van der Waals surface area contributed by atoms with Gasteiger partial charge in [-0.15, -0.1) is 0 Å². The van der Waals surface area contributed by atoms with Gasteiger partial charge >= 0.3 is 0 Å². The van der Waals surface area contributed by atoms with Crippen LogP contribution in [-0.4, -0.2) is 37.0 Å². The lowest BCUT2D eigenvalue weighted by Gasteiger charge is -2.31. The number of nitrogens with two attached hydrogens (primary N) is 1. The van der Waals surface area contributed by atoms with Gasteiger partial charge in [-0.3, -0.25) is 4.79 Å². The number of hydrogen-bond acceptors (Lipinski definition) is 3. The van der Waals surface area contributed by atoms with E-state index in [1.54, 1.807) is 0 Å². The number of carbonyl (C=O) groups is 1. The summed E-state index contributed by atoms with van der Waals surface area (Å²) in [4.78, 5) is 14.9. The lowest BCUT2D eigenvalue weighted by atomic mass is 9.91. The van der Waals surface area contributed by atoms with Gasteiger partial charge in [-0.05, 0) is 62.4 Å². The number of amides is 1. The van der Waals surface area contributed by atoms with Gasteiger partial charge in [0.25, 0.3) is 0 Å². The van der Waals surface area contributed by atoms with E-state index in [9.17, 15) is 4.79 Å². The van der Waals surface area contributed by atoms with Crippen molar-refractivity contribution >= 4 is 21.8 Å². The van der Waals surface area contributed by atoms with Crippen LogP contribution in [0.2, 0.25) is 0 Å². The van der Waals surface area contributed by atoms with Crippen molar-refractivity contribution in [2.24, 2.45) is 17.6 Å². The van der Waals surface area contributed by atoms with Crippen molar-refractivity contribution in [2.75, 3.05) is 26.2 Å². The van der Waals surface area contributed by atoms with Gasteiger partial charge in [0.1, 0.15) is 5.54 Å². The van der Waals surface area contributed by atoms with Crippen LogP contribution in [0, 0.1) is 11.8 Å². The third-order valence-corrected chi connectivity index (χ3v) is 5.72. The molecule has 2 aliphatic rings. The van der Waals surface area contributed by atoms with E-state index in [1.807, 2.05) is 36.1 Å². The molecule has 0 aliphatic carbocycles. The third kappa shape index (κ3) is 3.07. The number of carbonyl (C=O) groups excluding carboxylic acids is 1. The highest BCUT2D eigenvalue weighted by molar-refractivity contribution is 9.10. The Bertz CT molecular complexity index is 529. The molecular formula is C17H24BrN3O. The normalized spacial score (nSPS) is 27.9. The van der Waals surface area contributed by atoms with E-state index in [1.165, 1.54) is 0 Å². The van der Waals surface area contributed by atoms with Crippen molar-refractivity contribution in [1.82, 2.24) is 10.2 Å². The van der Waals surface area contributed by atoms with Crippen molar-refractivity contribution in [2.45, 2.75) is 25.3 Å². The number of benzene rings is 1. The monoisotopic (exact) mass is 365 g/mol. The van der Waals surface area contributed by atoms with Gasteiger partial charge < -0.3 is 16.0 Å². The summed E-state index contributed by atoms with van der Waals surface area (Å²) >= 11 is 3.42. The van der Waals surface area contributed by atoms with Crippen molar-refractivity contribution < 1.29 is 4.79 Å². The van der Waals surface area contributed by atoms with Gasteiger partial charge in [0.15, 0.2) is 0 Å². The molecule has 2 heterocycles. The molecule has 0 radical (unpaired) electrons. The summed E-state index contributed by atoms with van der Waals surface area (Å²) in [5.41, 5.74) is 6.32. The Morgan fingerprint density at radius 2 is 1.77 bits per heavy atom. The summed E-state index contributed by atoms with van der Waals surface area (Å²) < 4.78 is 0.995. The lowest BCUT2D eigenvalue weighted by Crippen LogP contribution is -2.51. The van der Waals surface area contributed by atoms with Crippen LogP contribution in [-0.2, 0) is 10.3 Å². The standard InChI is InChI=1S/C17H24BrN3O/c1-17(19,14-2-4-15(18)5-3-14)16(22)21-8-6-12-10-20-11-13(12)7-9-21/h2-5,12-13,20H,6-11,19H2,1H3/t12-,13+,17?. The number of nitrogens with zero attached hydrogens (tertiary/aromatic N) is 1. The molecule has 1 aromatic rings. The van der Waals surface area contributed by atoms with Crippen molar-refractivity contribution in [3.05, 3.63) is 34.3 Å². The second-order valence-corrected chi connectivity index (χ2v) is 7.67. The van der Waals surface area contributed by atoms with Gasteiger partial charge in [0.05, 0.1) is 0 Å². The van der Waals surface area contributed by atoms with E-state index in [0.717, 1.165) is 60.9 Å². The summed E-state index contributed by atoms with van der Waals surface area (Å²) in [6.45, 7) is 5.67. The predicted octanol–water partition coefficient (Wildman–Crippen LogP) is 2.08. The molecule has 0 aromatic heterocycles. The second-order valence-electron chi connectivity index (χ2n) is 6.76. The quantitative estimate of drug-likeness (QED) is 0.843. The van der Waals surface area contributed by atoms with Gasteiger partial charge in [-0.25, -0.2) is 0 Å². The molecular weight excluding hydrogens is 342 g/mol. The SMILES string of the molecule is CC(N)(C(=O)N1CC[C@@H]2CNC[C@@H]2CC1)c1ccc(Br)cc1. The summed E-state index contributed by atoms with van der Waals surface area (Å²) in [7, 11) is 0. The molecule has 0 saturated carbocycles. The Hall–Kier alpha value is -0.910. The minimum Gasteiger partial charge on any atom is -0.341 e. The van der Waals surface area contributed by atoms with Gasteiger partial charge in [-0.1, -0.05) is 28.1 Å². The van der Waals surface area contributed by atoms with Crippen LogP contribution in [0.1, 0.15) is 25.3 Å². The molecule has 0 bridgehead atoms. The van der Waals surface area contributed by atoms with Crippen LogP contribution >= 0.6 is 15.9 Å². The molecule has 2 aliphatic heterocycles. The molecule has 2 fully saturated rings. The van der Waals surface area contributed by atoms with Crippen molar-refractivity contribution in [3.63, 3.8) is 0 Å². The molecule has 4 nitrogen and oxygen atoms in total. The molecule has 22 heavy (non-hydrogen) atoms. The van der Waals surface area contributed by atoms with Gasteiger partial charge in [0, 0.05) is 17.6 Å². The maximum atomic E-state index is 13.0. The molecule has 3 rings (SSSR count). The fourth-order valence-corrected chi connectivity index (χ4v) is 3.93. The average Bonchev–Trinajstić information content (AvgIpc) is 2.86. The fourth-order valence-electron chi connectivity index (χ4n) is 3.67. The lowest BCUT2D eigenvalue weighted by molar-refractivity contribution is -0.136. The predicted molar refractivity (Wildman–Crippen MR) is 91.3 cm³/mol. The maximum Gasteiger partial charge on any atom is 0.246 e. The first-order valence-corrected chi connectivity index (χ1v) is 8.83. The summed E-state index contributed by atoms with van der Waals surface area (Å²) in [5.74, 6) is 1.48. The van der Waals surface area contributed by atoms with E-state index >= 15 is 0 Å². The van der Waals surface area contributed by atoms with Gasteiger partial charge in [-0.2, -0.15) is 0 Å². The molecule has 1 unspecified atom stereocenters. The first-order valence-electron chi connectivity index (χ1n) is 8.03. The second kappa shape index (κ2) is 6.30. The Morgan fingerprint density at radius 3 is 2.32 bits per heavy atom. The first kappa shape index (κ1) is 16.0. The van der Waals surface area contributed by atoms with Crippen LogP contribution in [0.25, 0.3) is 0 Å².